The molecule has 0 fully saturated rings. The van der Waals surface area contributed by atoms with E-state index in [0.29, 0.717) is 46.9 Å². The summed E-state index contributed by atoms with van der Waals surface area (Å²) in [5, 5.41) is 20.8. The van der Waals surface area contributed by atoms with Crippen LogP contribution in [0.3, 0.4) is 0 Å². The molecule has 1 aromatic carbocycles. The fraction of sp³-hybridized carbons (Fsp3) is 0.519. The molecule has 0 aliphatic heterocycles. The number of rotatable bonds is 10. The summed E-state index contributed by atoms with van der Waals surface area (Å²) in [7, 11) is 3.14. The lowest BCUT2D eigenvalue weighted by molar-refractivity contribution is 0.0965. The highest BCUT2D eigenvalue weighted by molar-refractivity contribution is 5.97. The van der Waals surface area contributed by atoms with Gasteiger partial charge < -0.3 is 24.6 Å². The monoisotopic (exact) mass is 578 g/mol. The van der Waals surface area contributed by atoms with Gasteiger partial charge in [0.2, 0.25) is 11.5 Å². The summed E-state index contributed by atoms with van der Waals surface area (Å²) in [5.74, 6) is 0.891. The maximum absolute atomic E-state index is 13.6. The van der Waals surface area contributed by atoms with Gasteiger partial charge in [-0.2, -0.15) is 4.52 Å². The largest absolute Gasteiger partial charge is 0.493 e. The molecule has 0 atom stereocenters. The van der Waals surface area contributed by atoms with Crippen molar-refractivity contribution in [2.75, 3.05) is 33.9 Å². The van der Waals surface area contributed by atoms with E-state index < -0.39 is 6.09 Å². The first-order chi connectivity index (χ1) is 18.5. The molecule has 40 heavy (non-hydrogen) atoms. The minimum Gasteiger partial charge on any atom is -0.493 e. The number of carbonyl (C=O) groups excluding carboxylic acids is 2. The number of ketones is 1. The SMILES string of the molecule is CCNC(=O)Oc1nn2c(=NC)n(CC(=O)c3cc(OCCCO)c(OC)c(C(C)(C)C)c3)nc2c(C)c1C.Cl. The fourth-order valence-electron chi connectivity index (χ4n) is 4.02. The van der Waals surface area contributed by atoms with Crippen LogP contribution in [0.5, 0.6) is 17.4 Å². The van der Waals surface area contributed by atoms with Crippen LogP contribution in [0.25, 0.3) is 5.65 Å². The van der Waals surface area contributed by atoms with Crippen LogP contribution in [0.15, 0.2) is 17.1 Å². The minimum atomic E-state index is -0.615. The molecule has 3 aromatic rings. The summed E-state index contributed by atoms with van der Waals surface area (Å²) in [5.41, 5.74) is 3.08. The van der Waals surface area contributed by atoms with Gasteiger partial charge in [0.25, 0.3) is 0 Å². The Morgan fingerprint density at radius 3 is 2.42 bits per heavy atom. The molecule has 0 unspecified atom stereocenters. The molecule has 0 saturated carbocycles. The number of fused-ring (bicyclic) bond motifs is 1. The Kier molecular flexibility index (Phi) is 11.1. The number of Topliss-reactive ketones (excluding diaryl/α,β-unsaturated/α-hetero) is 1. The van der Waals surface area contributed by atoms with Crippen molar-refractivity contribution in [1.29, 1.82) is 0 Å². The quantitative estimate of drug-likeness (QED) is 0.276. The minimum absolute atomic E-state index is 0. The second kappa shape index (κ2) is 13.6. The molecule has 1 amide bonds. The number of hydrogen-bond acceptors (Lipinski definition) is 9. The molecule has 12 nitrogen and oxygen atoms in total. The topological polar surface area (TPSA) is 142 Å². The van der Waals surface area contributed by atoms with Gasteiger partial charge in [0.1, 0.15) is 6.54 Å². The molecule has 0 aliphatic rings. The molecule has 0 radical (unpaired) electrons. The van der Waals surface area contributed by atoms with Gasteiger partial charge in [0, 0.05) is 48.9 Å². The van der Waals surface area contributed by atoms with Crippen molar-refractivity contribution in [3.63, 3.8) is 0 Å². The third-order valence-corrected chi connectivity index (χ3v) is 6.20. The predicted molar refractivity (Wildman–Crippen MR) is 152 cm³/mol. The highest BCUT2D eigenvalue weighted by atomic mass is 35.5. The lowest BCUT2D eigenvalue weighted by Gasteiger charge is -2.25. The van der Waals surface area contributed by atoms with E-state index in [2.05, 4.69) is 20.5 Å². The number of nitrogens with zero attached hydrogens (tertiary/aromatic N) is 5. The Hall–Kier alpha value is -3.64. The Morgan fingerprint density at radius 1 is 1.15 bits per heavy atom. The third kappa shape index (κ3) is 6.92. The van der Waals surface area contributed by atoms with E-state index in [-0.39, 0.29) is 49.2 Å². The van der Waals surface area contributed by atoms with Crippen molar-refractivity contribution in [3.8, 4) is 17.4 Å². The van der Waals surface area contributed by atoms with Crippen LogP contribution in [-0.2, 0) is 12.0 Å². The number of ether oxygens (including phenoxy) is 3. The van der Waals surface area contributed by atoms with Gasteiger partial charge in [-0.1, -0.05) is 20.8 Å². The van der Waals surface area contributed by atoms with E-state index in [1.165, 1.54) is 9.20 Å². The smallest absolute Gasteiger partial charge is 0.413 e. The van der Waals surface area contributed by atoms with Crippen LogP contribution in [0, 0.1) is 13.8 Å². The summed E-state index contributed by atoms with van der Waals surface area (Å²) in [6, 6.07) is 3.46. The summed E-state index contributed by atoms with van der Waals surface area (Å²) in [4.78, 5) is 29.9. The van der Waals surface area contributed by atoms with Crippen molar-refractivity contribution < 1.29 is 28.9 Å². The summed E-state index contributed by atoms with van der Waals surface area (Å²) in [6.07, 6.45) is -0.168. The second-order valence-corrected chi connectivity index (χ2v) is 10.0. The van der Waals surface area contributed by atoms with E-state index in [9.17, 15) is 14.7 Å². The van der Waals surface area contributed by atoms with Crippen LogP contribution in [0.4, 0.5) is 4.79 Å². The molecular formula is C27H39ClN6O6. The van der Waals surface area contributed by atoms with Gasteiger partial charge in [0.05, 0.1) is 13.7 Å². The number of hydrogen-bond donors (Lipinski definition) is 2. The van der Waals surface area contributed by atoms with E-state index in [1.54, 1.807) is 34.1 Å². The first-order valence-corrected chi connectivity index (χ1v) is 12.8. The zero-order chi connectivity index (χ0) is 28.9. The molecule has 3 rings (SSSR count). The van der Waals surface area contributed by atoms with Crippen molar-refractivity contribution in [1.82, 2.24) is 24.7 Å². The lowest BCUT2D eigenvalue weighted by atomic mass is 9.84. The molecule has 0 saturated heterocycles. The van der Waals surface area contributed by atoms with Gasteiger partial charge in [-0.05, 0) is 38.3 Å². The molecule has 2 heterocycles. The van der Waals surface area contributed by atoms with Crippen LogP contribution >= 0.6 is 12.4 Å². The Morgan fingerprint density at radius 2 is 1.85 bits per heavy atom. The molecular weight excluding hydrogens is 540 g/mol. The van der Waals surface area contributed by atoms with Crippen LogP contribution < -0.4 is 25.1 Å². The van der Waals surface area contributed by atoms with E-state index in [4.69, 9.17) is 14.2 Å². The van der Waals surface area contributed by atoms with Crippen molar-refractivity contribution in [2.45, 2.75) is 59.9 Å². The van der Waals surface area contributed by atoms with E-state index in [0.717, 1.165) is 11.1 Å². The second-order valence-electron chi connectivity index (χ2n) is 10.0. The number of methoxy groups -OCH3 is 1. The van der Waals surface area contributed by atoms with Crippen molar-refractivity contribution in [3.05, 3.63) is 40.0 Å². The summed E-state index contributed by atoms with van der Waals surface area (Å²) >= 11 is 0. The Balaban J connectivity index is 0.00000560. The lowest BCUT2D eigenvalue weighted by Crippen LogP contribution is -2.29. The number of aliphatic hydroxyl groups is 1. The predicted octanol–water partition coefficient (Wildman–Crippen LogP) is 3.16. The number of carbonyl (C=O) groups is 2. The molecule has 13 heteroatoms. The summed E-state index contributed by atoms with van der Waals surface area (Å²) < 4.78 is 19.9. The highest BCUT2D eigenvalue weighted by Crippen LogP contribution is 2.40. The van der Waals surface area contributed by atoms with E-state index in [1.807, 2.05) is 33.8 Å². The van der Waals surface area contributed by atoms with E-state index >= 15 is 0 Å². The molecule has 0 aliphatic carbocycles. The number of benzene rings is 1. The first kappa shape index (κ1) is 32.6. The van der Waals surface area contributed by atoms with Crippen molar-refractivity contribution >= 4 is 29.9 Å². The van der Waals surface area contributed by atoms with Gasteiger partial charge in [-0.15, -0.1) is 22.6 Å². The van der Waals surface area contributed by atoms with Gasteiger partial charge in [0.15, 0.2) is 22.9 Å². The van der Waals surface area contributed by atoms with Gasteiger partial charge >= 0.3 is 6.09 Å². The Bertz CT molecular complexity index is 1440. The maximum Gasteiger partial charge on any atom is 0.413 e. The highest BCUT2D eigenvalue weighted by Gasteiger charge is 2.26. The summed E-state index contributed by atoms with van der Waals surface area (Å²) in [6.45, 7) is 12.1. The van der Waals surface area contributed by atoms with Crippen LogP contribution in [-0.4, -0.2) is 70.3 Å². The molecule has 220 valence electrons. The molecule has 0 spiro atoms. The van der Waals surface area contributed by atoms with Crippen molar-refractivity contribution in [2.24, 2.45) is 4.99 Å². The number of halogens is 1. The molecule has 2 aromatic heterocycles. The normalized spacial score (nSPS) is 11.8. The zero-order valence-corrected chi connectivity index (χ0v) is 25.1. The standard InChI is InChI=1S/C27H38N6O6.ClH/c1-9-29-26(36)39-24-17(3)16(2)23-30-32(25(28-7)33(23)31-24)15-20(35)18-13-19(27(4,5)6)22(37-8)21(14-18)38-12-10-11-34;/h13-14,34H,9-12,15H2,1-8H3,(H,29,36);1H. The average molecular weight is 579 g/mol. The van der Waals surface area contributed by atoms with Crippen LogP contribution in [0.2, 0.25) is 0 Å². The molecule has 0 bridgehead atoms. The third-order valence-electron chi connectivity index (χ3n) is 6.20. The van der Waals surface area contributed by atoms with Gasteiger partial charge in [-0.3, -0.25) is 9.79 Å². The number of aromatic nitrogens is 4. The first-order valence-electron chi connectivity index (χ1n) is 12.8. The average Bonchev–Trinajstić information content (AvgIpc) is 3.23. The van der Waals surface area contributed by atoms with Gasteiger partial charge in [-0.25, -0.2) is 9.48 Å². The number of amides is 1. The maximum atomic E-state index is 13.6. The number of nitrogens with one attached hydrogen (secondary N) is 1. The zero-order valence-electron chi connectivity index (χ0n) is 24.3. The van der Waals surface area contributed by atoms with Crippen LogP contribution in [0.1, 0.15) is 61.2 Å². The number of aliphatic hydroxyl groups excluding tert-OH is 1. The fourth-order valence-corrected chi connectivity index (χ4v) is 4.02. The Labute approximate surface area is 239 Å². The number of aryl methyl sites for hydroxylation is 1. The molecule has 2 N–H and O–H groups in total.